The van der Waals surface area contributed by atoms with Crippen molar-refractivity contribution in [1.82, 2.24) is 5.32 Å². The summed E-state index contributed by atoms with van der Waals surface area (Å²) >= 11 is 19.0. The van der Waals surface area contributed by atoms with E-state index in [0.717, 1.165) is 5.56 Å². The van der Waals surface area contributed by atoms with Crippen molar-refractivity contribution in [2.24, 2.45) is 4.99 Å². The topological polar surface area (TPSA) is 70.6 Å². The average Bonchev–Trinajstić information content (AvgIpc) is 2.92. The molecule has 9 heteroatoms. The zero-order valence-electron chi connectivity index (χ0n) is 14.1. The van der Waals surface area contributed by atoms with E-state index in [1.165, 1.54) is 17.8 Å². The van der Waals surface area contributed by atoms with Gasteiger partial charge in [-0.1, -0.05) is 46.6 Å². The van der Waals surface area contributed by atoms with Gasteiger partial charge in [0.2, 0.25) is 11.8 Å². The van der Waals surface area contributed by atoms with Crippen molar-refractivity contribution in [3.63, 3.8) is 0 Å². The first-order valence-electron chi connectivity index (χ1n) is 7.89. The van der Waals surface area contributed by atoms with E-state index in [0.29, 0.717) is 31.6 Å². The molecule has 1 aliphatic rings. The number of carbonyl (C=O) groups excluding carboxylic acids is 2. The maximum atomic E-state index is 12.3. The number of rotatable bonds is 4. The first-order valence-corrected chi connectivity index (χ1v) is 9.90. The SMILES string of the molecule is Cc1cc(Cl)ccc1N=C1NC(=O)C(CC(=O)Nc2ccc(Cl)cc2Cl)S1. The van der Waals surface area contributed by atoms with Gasteiger partial charge in [0.25, 0.3) is 0 Å². The van der Waals surface area contributed by atoms with Crippen molar-refractivity contribution in [1.29, 1.82) is 0 Å². The van der Waals surface area contributed by atoms with Crippen LogP contribution in [0, 0.1) is 6.92 Å². The summed E-state index contributed by atoms with van der Waals surface area (Å²) in [6.45, 7) is 1.88. The predicted octanol–water partition coefficient (Wildman–Crippen LogP) is 5.20. The summed E-state index contributed by atoms with van der Waals surface area (Å²) in [5.41, 5.74) is 2.05. The lowest BCUT2D eigenvalue weighted by Gasteiger charge is -2.09. The monoisotopic (exact) mass is 441 g/mol. The van der Waals surface area contributed by atoms with Gasteiger partial charge in [0.1, 0.15) is 5.25 Å². The third-order valence-electron chi connectivity index (χ3n) is 3.73. The summed E-state index contributed by atoms with van der Waals surface area (Å²) < 4.78 is 0. The number of hydrogen-bond donors (Lipinski definition) is 2. The molecule has 2 aromatic rings. The van der Waals surface area contributed by atoms with Gasteiger partial charge in [-0.15, -0.1) is 0 Å². The molecule has 0 aromatic heterocycles. The molecule has 0 spiro atoms. The highest BCUT2D eigenvalue weighted by Crippen LogP contribution is 2.29. The average molecular weight is 443 g/mol. The molecule has 1 heterocycles. The highest BCUT2D eigenvalue weighted by atomic mass is 35.5. The number of nitrogens with zero attached hydrogens (tertiary/aromatic N) is 1. The summed E-state index contributed by atoms with van der Waals surface area (Å²) in [4.78, 5) is 28.8. The molecule has 0 aliphatic carbocycles. The van der Waals surface area contributed by atoms with Crippen LogP contribution in [0.2, 0.25) is 15.1 Å². The van der Waals surface area contributed by atoms with Gasteiger partial charge in [-0.3, -0.25) is 9.59 Å². The van der Waals surface area contributed by atoms with Crippen LogP contribution in [0.25, 0.3) is 0 Å². The van der Waals surface area contributed by atoms with Gasteiger partial charge in [-0.2, -0.15) is 0 Å². The van der Waals surface area contributed by atoms with E-state index >= 15 is 0 Å². The third-order valence-corrected chi connectivity index (χ3v) is 5.60. The van der Waals surface area contributed by atoms with Crippen LogP contribution in [0.3, 0.4) is 0 Å². The standard InChI is InChI=1S/C18H14Cl3N3O2S/c1-9-6-10(19)2-4-13(9)23-18-24-17(26)15(27-18)8-16(25)22-14-5-3-11(20)7-12(14)21/h2-7,15H,8H2,1H3,(H,22,25)(H,23,24,26). The number of aliphatic imine (C=N–C) groups is 1. The Balaban J connectivity index is 1.65. The number of aryl methyl sites for hydroxylation is 1. The summed E-state index contributed by atoms with van der Waals surface area (Å²) in [5, 5.41) is 6.70. The lowest BCUT2D eigenvalue weighted by atomic mass is 10.2. The summed E-state index contributed by atoms with van der Waals surface area (Å²) in [6, 6.07) is 10.1. The van der Waals surface area contributed by atoms with Crippen LogP contribution in [-0.4, -0.2) is 22.2 Å². The molecule has 1 aliphatic heterocycles. The molecule has 140 valence electrons. The Bertz CT molecular complexity index is 949. The molecular weight excluding hydrogens is 429 g/mol. The van der Waals surface area contributed by atoms with Crippen LogP contribution < -0.4 is 10.6 Å². The van der Waals surface area contributed by atoms with Crippen molar-refractivity contribution in [3.05, 3.63) is 57.0 Å². The van der Waals surface area contributed by atoms with Crippen molar-refractivity contribution < 1.29 is 9.59 Å². The fraction of sp³-hybridized carbons (Fsp3) is 0.167. The van der Waals surface area contributed by atoms with Crippen LogP contribution in [0.5, 0.6) is 0 Å². The molecule has 0 bridgehead atoms. The second kappa shape index (κ2) is 8.52. The maximum Gasteiger partial charge on any atom is 0.240 e. The van der Waals surface area contributed by atoms with E-state index in [1.54, 1.807) is 30.3 Å². The number of amides is 2. The Kier molecular flexibility index (Phi) is 6.32. The van der Waals surface area contributed by atoms with Crippen LogP contribution in [0.4, 0.5) is 11.4 Å². The Morgan fingerprint density at radius 2 is 1.89 bits per heavy atom. The van der Waals surface area contributed by atoms with E-state index in [2.05, 4.69) is 15.6 Å². The van der Waals surface area contributed by atoms with Gasteiger partial charge >= 0.3 is 0 Å². The molecule has 2 amide bonds. The van der Waals surface area contributed by atoms with Gasteiger partial charge in [-0.05, 0) is 48.9 Å². The molecule has 2 aromatic carbocycles. The van der Waals surface area contributed by atoms with E-state index in [-0.39, 0.29) is 18.2 Å². The van der Waals surface area contributed by atoms with Gasteiger partial charge in [0.05, 0.1) is 16.4 Å². The van der Waals surface area contributed by atoms with Crippen molar-refractivity contribution in [3.8, 4) is 0 Å². The van der Waals surface area contributed by atoms with Gasteiger partial charge in [0.15, 0.2) is 5.17 Å². The second-order valence-corrected chi connectivity index (χ2v) is 8.29. The minimum atomic E-state index is -0.567. The van der Waals surface area contributed by atoms with E-state index in [9.17, 15) is 9.59 Å². The zero-order chi connectivity index (χ0) is 19.6. The highest BCUT2D eigenvalue weighted by molar-refractivity contribution is 8.15. The molecule has 0 radical (unpaired) electrons. The Hall–Kier alpha value is -1.73. The lowest BCUT2D eigenvalue weighted by molar-refractivity contribution is -0.122. The Morgan fingerprint density at radius 1 is 1.19 bits per heavy atom. The molecule has 1 atom stereocenters. The molecule has 1 saturated heterocycles. The van der Waals surface area contributed by atoms with Crippen LogP contribution in [0.1, 0.15) is 12.0 Å². The highest BCUT2D eigenvalue weighted by Gasteiger charge is 2.32. The maximum absolute atomic E-state index is 12.3. The molecule has 27 heavy (non-hydrogen) atoms. The molecule has 5 nitrogen and oxygen atoms in total. The fourth-order valence-corrected chi connectivity index (χ4v) is 4.07. The number of halogens is 3. The third kappa shape index (κ3) is 5.17. The minimum absolute atomic E-state index is 0.00588. The molecule has 3 rings (SSSR count). The smallest absolute Gasteiger partial charge is 0.240 e. The van der Waals surface area contributed by atoms with Crippen LogP contribution in [-0.2, 0) is 9.59 Å². The largest absolute Gasteiger partial charge is 0.325 e. The molecule has 1 unspecified atom stereocenters. The van der Waals surface area contributed by atoms with Gasteiger partial charge < -0.3 is 10.6 Å². The summed E-state index contributed by atoms with van der Waals surface area (Å²) in [5.74, 6) is -0.585. The summed E-state index contributed by atoms with van der Waals surface area (Å²) in [6.07, 6.45) is -0.00588. The fourth-order valence-electron chi connectivity index (χ4n) is 2.41. The molecule has 1 fully saturated rings. The van der Waals surface area contributed by atoms with Crippen LogP contribution in [0.15, 0.2) is 41.4 Å². The first kappa shape index (κ1) is 20.0. The molecule has 2 N–H and O–H groups in total. The molecular formula is C18H14Cl3N3O2S. The van der Waals surface area contributed by atoms with E-state index < -0.39 is 5.25 Å². The van der Waals surface area contributed by atoms with Crippen molar-refractivity contribution >= 4 is 74.9 Å². The summed E-state index contributed by atoms with van der Waals surface area (Å²) in [7, 11) is 0. The van der Waals surface area contributed by atoms with Gasteiger partial charge in [-0.25, -0.2) is 4.99 Å². The Morgan fingerprint density at radius 3 is 2.59 bits per heavy atom. The number of benzene rings is 2. The number of hydrogen-bond acceptors (Lipinski definition) is 4. The number of amidine groups is 1. The van der Waals surface area contributed by atoms with Crippen molar-refractivity contribution in [2.45, 2.75) is 18.6 Å². The quantitative estimate of drug-likeness (QED) is 0.683. The lowest BCUT2D eigenvalue weighted by Crippen LogP contribution is -2.28. The normalized spacial score (nSPS) is 17.9. The number of anilines is 1. The molecule has 0 saturated carbocycles. The van der Waals surface area contributed by atoms with Crippen molar-refractivity contribution in [2.75, 3.05) is 5.32 Å². The van der Waals surface area contributed by atoms with E-state index in [4.69, 9.17) is 34.8 Å². The zero-order valence-corrected chi connectivity index (χ0v) is 17.1. The number of carbonyl (C=O) groups is 2. The minimum Gasteiger partial charge on any atom is -0.325 e. The Labute approximate surface area is 175 Å². The first-order chi connectivity index (χ1) is 12.8. The number of nitrogens with one attached hydrogen (secondary N) is 2. The number of thioether (sulfide) groups is 1. The van der Waals surface area contributed by atoms with Gasteiger partial charge in [0, 0.05) is 16.5 Å². The van der Waals surface area contributed by atoms with E-state index in [1.807, 2.05) is 6.92 Å². The second-order valence-electron chi connectivity index (χ2n) is 5.82. The van der Waals surface area contributed by atoms with Crippen LogP contribution >= 0.6 is 46.6 Å². The predicted molar refractivity (Wildman–Crippen MR) is 113 cm³/mol.